The lowest BCUT2D eigenvalue weighted by Crippen LogP contribution is -2.16. The highest BCUT2D eigenvalue weighted by molar-refractivity contribution is 7.84. The third kappa shape index (κ3) is 4.96. The number of oxazole rings is 1. The number of halogens is 1. The van der Waals surface area contributed by atoms with Crippen LogP contribution in [0.15, 0.2) is 81.4 Å². The van der Waals surface area contributed by atoms with Crippen molar-refractivity contribution in [3.05, 3.63) is 94.4 Å². The molecular weight excluding hydrogens is 509 g/mol. The summed E-state index contributed by atoms with van der Waals surface area (Å²) in [6.45, 7) is 1.91. The van der Waals surface area contributed by atoms with Crippen LogP contribution in [0.1, 0.15) is 16.1 Å². The van der Waals surface area contributed by atoms with Crippen LogP contribution in [-0.2, 0) is 17.8 Å². The molecule has 0 saturated carbocycles. The van der Waals surface area contributed by atoms with Crippen LogP contribution >= 0.6 is 0 Å². The molecular formula is C27H22FN5O4S. The number of nitrogens with zero attached hydrogens (tertiary/aromatic N) is 3. The molecule has 0 saturated heterocycles. The minimum absolute atomic E-state index is 0.0743. The largest absolute Gasteiger partial charge is 0.429 e. The van der Waals surface area contributed by atoms with Gasteiger partial charge in [0.2, 0.25) is 0 Å². The van der Waals surface area contributed by atoms with E-state index in [2.05, 4.69) is 20.6 Å². The number of carbonyl (C=O) groups excluding carboxylic acids is 1. The van der Waals surface area contributed by atoms with Crippen molar-refractivity contribution in [2.75, 3.05) is 16.9 Å². The number of nitrogens with one attached hydrogen (secondary N) is 2. The first-order valence-electron chi connectivity index (χ1n) is 11.4. The van der Waals surface area contributed by atoms with Crippen LogP contribution in [0.25, 0.3) is 22.2 Å². The number of anilines is 3. The molecule has 0 fully saturated rings. The minimum Gasteiger partial charge on any atom is -0.429 e. The topological polar surface area (TPSA) is 119 Å². The molecule has 9 nitrogen and oxygen atoms in total. The van der Waals surface area contributed by atoms with Crippen LogP contribution in [0.5, 0.6) is 0 Å². The van der Waals surface area contributed by atoms with Crippen molar-refractivity contribution in [3.63, 3.8) is 0 Å². The smallest absolute Gasteiger partial charge is 0.287 e. The summed E-state index contributed by atoms with van der Waals surface area (Å²) in [5, 5.41) is 6.45. The summed E-state index contributed by atoms with van der Waals surface area (Å²) in [6.07, 6.45) is 2.87. The molecule has 0 aliphatic rings. The van der Waals surface area contributed by atoms with Crippen molar-refractivity contribution in [2.24, 2.45) is 7.05 Å². The Morgan fingerprint density at radius 3 is 2.53 bits per heavy atom. The lowest BCUT2D eigenvalue weighted by atomic mass is 10.1. The second-order valence-electron chi connectivity index (χ2n) is 8.62. The van der Waals surface area contributed by atoms with Crippen LogP contribution < -0.4 is 16.2 Å². The van der Waals surface area contributed by atoms with Gasteiger partial charge in [-0.05, 0) is 67.1 Å². The number of fused-ring (bicyclic) bond motifs is 1. The van der Waals surface area contributed by atoms with E-state index >= 15 is 0 Å². The summed E-state index contributed by atoms with van der Waals surface area (Å²) in [6, 6.07) is 16.0. The van der Waals surface area contributed by atoms with Crippen molar-refractivity contribution in [2.45, 2.75) is 12.1 Å². The van der Waals surface area contributed by atoms with E-state index in [0.29, 0.717) is 33.5 Å². The highest BCUT2D eigenvalue weighted by Crippen LogP contribution is 2.29. The Bertz CT molecular complexity index is 1780. The van der Waals surface area contributed by atoms with Gasteiger partial charge in [-0.25, -0.2) is 13.6 Å². The van der Waals surface area contributed by atoms with Gasteiger partial charge in [0.05, 0.1) is 17.2 Å². The fourth-order valence-corrected chi connectivity index (χ4v) is 4.26. The summed E-state index contributed by atoms with van der Waals surface area (Å²) in [4.78, 5) is 34.1. The number of hydrogen-bond donors (Lipinski definition) is 2. The molecule has 0 bridgehead atoms. The number of benzene rings is 3. The molecule has 1 unspecified atom stereocenters. The van der Waals surface area contributed by atoms with Gasteiger partial charge < -0.3 is 19.6 Å². The molecule has 2 aromatic heterocycles. The molecule has 3 aromatic carbocycles. The van der Waals surface area contributed by atoms with Crippen LogP contribution in [0.3, 0.4) is 0 Å². The summed E-state index contributed by atoms with van der Waals surface area (Å²) < 4.78 is 32.4. The zero-order valence-electron chi connectivity index (χ0n) is 20.6. The van der Waals surface area contributed by atoms with E-state index in [1.54, 1.807) is 31.3 Å². The molecule has 0 aliphatic heterocycles. The first-order chi connectivity index (χ1) is 18.2. The Balaban J connectivity index is 1.44. The monoisotopic (exact) mass is 531 g/mol. The number of aromatic nitrogens is 3. The van der Waals surface area contributed by atoms with Crippen molar-refractivity contribution in [1.29, 1.82) is 0 Å². The Hall–Kier alpha value is -4.64. The maximum Gasteiger partial charge on any atom is 0.287 e. The summed E-state index contributed by atoms with van der Waals surface area (Å²) >= 11 is 0. The average Bonchev–Trinajstić information content (AvgIpc) is 3.35. The molecule has 0 radical (unpaired) electrons. The number of amides is 1. The molecule has 2 N–H and O–H groups in total. The number of rotatable bonds is 6. The van der Waals surface area contributed by atoms with E-state index in [-0.39, 0.29) is 22.2 Å². The Morgan fingerprint density at radius 1 is 1.05 bits per heavy atom. The zero-order chi connectivity index (χ0) is 27.0. The number of aryl methyl sites for hydroxylation is 2. The number of carbonyl (C=O) groups is 1. The molecule has 5 aromatic rings. The third-order valence-electron chi connectivity index (χ3n) is 5.87. The highest BCUT2D eigenvalue weighted by atomic mass is 32.2. The van der Waals surface area contributed by atoms with Gasteiger partial charge >= 0.3 is 0 Å². The van der Waals surface area contributed by atoms with Crippen LogP contribution in [-0.4, -0.2) is 30.9 Å². The van der Waals surface area contributed by atoms with Crippen molar-refractivity contribution in [1.82, 2.24) is 14.5 Å². The Labute approximate surface area is 218 Å². The van der Waals surface area contributed by atoms with Gasteiger partial charge in [-0.3, -0.25) is 9.59 Å². The van der Waals surface area contributed by atoms with E-state index in [1.807, 2.05) is 19.1 Å². The minimum atomic E-state index is -1.57. The van der Waals surface area contributed by atoms with Gasteiger partial charge in [-0.1, -0.05) is 6.07 Å². The van der Waals surface area contributed by atoms with Gasteiger partial charge in [-0.2, -0.15) is 4.98 Å². The van der Waals surface area contributed by atoms with Gasteiger partial charge in [0.15, 0.2) is 11.5 Å². The quantitative estimate of drug-likeness (QED) is 0.324. The maximum atomic E-state index is 13.4. The molecule has 2 heterocycles. The van der Waals surface area contributed by atoms with E-state index in [9.17, 15) is 18.2 Å². The van der Waals surface area contributed by atoms with Gasteiger partial charge in [0.1, 0.15) is 16.6 Å². The van der Waals surface area contributed by atoms with Crippen molar-refractivity contribution < 1.29 is 17.8 Å². The molecule has 0 aliphatic carbocycles. The Kier molecular flexibility index (Phi) is 6.60. The summed E-state index contributed by atoms with van der Waals surface area (Å²) in [5.41, 5.74) is 3.53. The van der Waals surface area contributed by atoms with E-state index < -0.39 is 22.5 Å². The molecule has 11 heteroatoms. The molecule has 5 rings (SSSR count). The highest BCUT2D eigenvalue weighted by Gasteiger charge is 2.23. The lowest BCUT2D eigenvalue weighted by Gasteiger charge is -2.13. The number of hydrogen-bond acceptors (Lipinski definition) is 7. The van der Waals surface area contributed by atoms with E-state index in [4.69, 9.17) is 4.42 Å². The van der Waals surface area contributed by atoms with Crippen LogP contribution in [0.4, 0.5) is 21.5 Å². The summed E-state index contributed by atoms with van der Waals surface area (Å²) in [5.74, 6) is -0.939. The first kappa shape index (κ1) is 25.0. The van der Waals surface area contributed by atoms with Gasteiger partial charge in [-0.15, -0.1) is 0 Å². The third-order valence-corrected chi connectivity index (χ3v) is 6.53. The standard InChI is InChI=1S/C27H22FN5O4S/c1-15-4-9-19(13-22(15)30-18-10-11-21-20(12-18)26(35)33(2)14-29-21)31-25(34)23-24(37-27(32-23)38(3)36)16-5-7-17(28)8-6-16/h4-14,30H,1-3H3,(H,31,34). The maximum absolute atomic E-state index is 13.4. The van der Waals surface area contributed by atoms with Crippen molar-refractivity contribution in [3.8, 4) is 11.3 Å². The normalized spacial score (nSPS) is 11.9. The van der Waals surface area contributed by atoms with Gasteiger partial charge in [0, 0.05) is 35.9 Å². The summed E-state index contributed by atoms with van der Waals surface area (Å²) in [7, 11) is 0.0690. The molecule has 192 valence electrons. The predicted molar refractivity (Wildman–Crippen MR) is 144 cm³/mol. The Morgan fingerprint density at radius 2 is 1.79 bits per heavy atom. The van der Waals surface area contributed by atoms with E-state index in [1.165, 1.54) is 41.4 Å². The molecule has 1 amide bonds. The predicted octanol–water partition coefficient (Wildman–Crippen LogP) is 4.77. The SMILES string of the molecule is Cc1ccc(NC(=O)c2nc(S(C)=O)oc2-c2ccc(F)cc2)cc1Nc1ccc2ncn(C)c(=O)c2c1. The molecule has 1 atom stereocenters. The van der Waals surface area contributed by atoms with E-state index in [0.717, 1.165) is 5.56 Å². The average molecular weight is 532 g/mol. The van der Waals surface area contributed by atoms with Crippen LogP contribution in [0.2, 0.25) is 0 Å². The lowest BCUT2D eigenvalue weighted by molar-refractivity contribution is 0.102. The van der Waals surface area contributed by atoms with Crippen molar-refractivity contribution >= 4 is 44.7 Å². The fourth-order valence-electron chi connectivity index (χ4n) is 3.84. The zero-order valence-corrected chi connectivity index (χ0v) is 21.4. The second-order valence-corrected chi connectivity index (χ2v) is 9.88. The molecule has 0 spiro atoms. The first-order valence-corrected chi connectivity index (χ1v) is 13.0. The molecule has 38 heavy (non-hydrogen) atoms. The van der Waals surface area contributed by atoms with Crippen LogP contribution in [0, 0.1) is 12.7 Å². The second kappa shape index (κ2) is 10.0. The van der Waals surface area contributed by atoms with Gasteiger partial charge in [0.25, 0.3) is 16.7 Å². The fraction of sp³-hybridized carbons (Fsp3) is 0.111.